The van der Waals surface area contributed by atoms with Gasteiger partial charge in [-0.25, -0.2) is 0 Å². The number of rotatable bonds is 3. The third-order valence-electron chi connectivity index (χ3n) is 3.64. The van der Waals surface area contributed by atoms with E-state index in [2.05, 4.69) is 0 Å². The van der Waals surface area contributed by atoms with Crippen LogP contribution in [0.5, 0.6) is 0 Å². The van der Waals surface area contributed by atoms with Crippen LogP contribution >= 0.6 is 0 Å². The Labute approximate surface area is 106 Å². The normalized spacial score (nSPS) is 24.4. The number of nitrogens with zero attached hydrogens (tertiary/aromatic N) is 2. The van der Waals surface area contributed by atoms with Gasteiger partial charge in [-0.05, 0) is 19.3 Å². The fourth-order valence-corrected chi connectivity index (χ4v) is 2.48. The SMILES string of the molecule is O=C(O)[C@@H]1CCN(C(=O)CN2CCCCC2=O)C1. The van der Waals surface area contributed by atoms with Crippen LogP contribution in [-0.4, -0.2) is 58.9 Å². The molecular weight excluding hydrogens is 236 g/mol. The fraction of sp³-hybridized carbons (Fsp3) is 0.750. The summed E-state index contributed by atoms with van der Waals surface area (Å²) >= 11 is 0. The van der Waals surface area contributed by atoms with Crippen molar-refractivity contribution in [1.29, 1.82) is 0 Å². The predicted molar refractivity (Wildman–Crippen MR) is 62.8 cm³/mol. The molecule has 2 heterocycles. The van der Waals surface area contributed by atoms with E-state index in [-0.39, 0.29) is 24.9 Å². The number of carbonyl (C=O) groups excluding carboxylic acids is 2. The van der Waals surface area contributed by atoms with Gasteiger partial charge < -0.3 is 14.9 Å². The highest BCUT2D eigenvalue weighted by Crippen LogP contribution is 2.17. The maximum absolute atomic E-state index is 12.0. The van der Waals surface area contributed by atoms with Gasteiger partial charge in [0.15, 0.2) is 0 Å². The van der Waals surface area contributed by atoms with Crippen molar-refractivity contribution in [3.63, 3.8) is 0 Å². The smallest absolute Gasteiger partial charge is 0.308 e. The molecule has 1 atom stereocenters. The molecule has 2 aliphatic heterocycles. The second-order valence-electron chi connectivity index (χ2n) is 4.94. The summed E-state index contributed by atoms with van der Waals surface area (Å²) in [6, 6.07) is 0. The molecule has 6 nitrogen and oxygen atoms in total. The summed E-state index contributed by atoms with van der Waals surface area (Å²) in [7, 11) is 0. The number of likely N-dealkylation sites (tertiary alicyclic amines) is 2. The Bertz CT molecular complexity index is 369. The Morgan fingerprint density at radius 2 is 2.06 bits per heavy atom. The van der Waals surface area contributed by atoms with E-state index in [0.717, 1.165) is 12.8 Å². The first-order valence-corrected chi connectivity index (χ1v) is 6.36. The molecule has 6 heteroatoms. The highest BCUT2D eigenvalue weighted by molar-refractivity contribution is 5.85. The van der Waals surface area contributed by atoms with Gasteiger partial charge in [0.25, 0.3) is 0 Å². The Hall–Kier alpha value is -1.59. The molecule has 2 amide bonds. The van der Waals surface area contributed by atoms with Crippen molar-refractivity contribution in [3.05, 3.63) is 0 Å². The van der Waals surface area contributed by atoms with E-state index < -0.39 is 11.9 Å². The molecule has 1 N–H and O–H groups in total. The van der Waals surface area contributed by atoms with E-state index in [1.807, 2.05) is 0 Å². The van der Waals surface area contributed by atoms with E-state index in [9.17, 15) is 14.4 Å². The summed E-state index contributed by atoms with van der Waals surface area (Å²) in [5.41, 5.74) is 0. The van der Waals surface area contributed by atoms with Gasteiger partial charge in [-0.1, -0.05) is 0 Å². The van der Waals surface area contributed by atoms with Crippen LogP contribution in [0.4, 0.5) is 0 Å². The molecule has 0 aromatic rings. The number of aliphatic carboxylic acids is 1. The Morgan fingerprint density at radius 1 is 1.28 bits per heavy atom. The third-order valence-corrected chi connectivity index (χ3v) is 3.64. The molecule has 0 saturated carbocycles. The van der Waals surface area contributed by atoms with Crippen LogP contribution in [0.25, 0.3) is 0 Å². The van der Waals surface area contributed by atoms with E-state index in [1.54, 1.807) is 9.80 Å². The van der Waals surface area contributed by atoms with Crippen molar-refractivity contribution in [2.45, 2.75) is 25.7 Å². The lowest BCUT2D eigenvalue weighted by atomic mass is 10.1. The fourth-order valence-electron chi connectivity index (χ4n) is 2.48. The lowest BCUT2D eigenvalue weighted by molar-refractivity contribution is -0.143. The Morgan fingerprint density at radius 3 is 2.67 bits per heavy atom. The van der Waals surface area contributed by atoms with Crippen LogP contribution < -0.4 is 0 Å². The summed E-state index contributed by atoms with van der Waals surface area (Å²) in [6.07, 6.45) is 2.87. The van der Waals surface area contributed by atoms with Gasteiger partial charge in [0.2, 0.25) is 11.8 Å². The first kappa shape index (κ1) is 12.9. The molecule has 0 bridgehead atoms. The molecule has 0 unspecified atom stereocenters. The van der Waals surface area contributed by atoms with E-state index in [1.165, 1.54) is 0 Å². The van der Waals surface area contributed by atoms with E-state index in [4.69, 9.17) is 5.11 Å². The molecule has 0 aromatic heterocycles. The second-order valence-corrected chi connectivity index (χ2v) is 4.94. The van der Waals surface area contributed by atoms with Gasteiger partial charge in [0.05, 0.1) is 12.5 Å². The quantitative estimate of drug-likeness (QED) is 0.765. The third kappa shape index (κ3) is 2.80. The average molecular weight is 254 g/mol. The van der Waals surface area contributed by atoms with Crippen molar-refractivity contribution in [3.8, 4) is 0 Å². The first-order chi connectivity index (χ1) is 8.58. The molecule has 0 aliphatic carbocycles. The van der Waals surface area contributed by atoms with Crippen molar-refractivity contribution in [1.82, 2.24) is 9.80 Å². The monoisotopic (exact) mass is 254 g/mol. The highest BCUT2D eigenvalue weighted by Gasteiger charge is 2.32. The largest absolute Gasteiger partial charge is 0.481 e. The van der Waals surface area contributed by atoms with Crippen molar-refractivity contribution in [2.24, 2.45) is 5.92 Å². The number of hydrogen-bond acceptors (Lipinski definition) is 3. The summed E-state index contributed by atoms with van der Waals surface area (Å²) in [5.74, 6) is -1.40. The zero-order valence-corrected chi connectivity index (χ0v) is 10.3. The van der Waals surface area contributed by atoms with Gasteiger partial charge in [-0.3, -0.25) is 14.4 Å². The van der Waals surface area contributed by atoms with Crippen molar-refractivity contribution >= 4 is 17.8 Å². The topological polar surface area (TPSA) is 77.9 Å². The van der Waals surface area contributed by atoms with Gasteiger partial charge in [-0.15, -0.1) is 0 Å². The lowest BCUT2D eigenvalue weighted by Gasteiger charge is -2.28. The van der Waals surface area contributed by atoms with Gasteiger partial charge in [0.1, 0.15) is 0 Å². The Kier molecular flexibility index (Phi) is 3.84. The maximum atomic E-state index is 12.0. The molecule has 2 aliphatic rings. The number of hydrogen-bond donors (Lipinski definition) is 1. The van der Waals surface area contributed by atoms with E-state index >= 15 is 0 Å². The van der Waals surface area contributed by atoms with Gasteiger partial charge in [0, 0.05) is 26.1 Å². The average Bonchev–Trinajstić information content (AvgIpc) is 2.81. The molecule has 0 aromatic carbocycles. The molecule has 2 saturated heterocycles. The summed E-state index contributed by atoms with van der Waals surface area (Å²) in [5, 5.41) is 8.87. The molecule has 0 spiro atoms. The molecule has 18 heavy (non-hydrogen) atoms. The van der Waals surface area contributed by atoms with Crippen LogP contribution in [0.15, 0.2) is 0 Å². The molecule has 2 fully saturated rings. The minimum Gasteiger partial charge on any atom is -0.481 e. The standard InChI is InChI=1S/C12H18N2O4/c15-10-3-1-2-5-13(10)8-11(16)14-6-4-9(7-14)12(17)18/h9H,1-8H2,(H,17,18)/t9-/m1/s1. The maximum Gasteiger partial charge on any atom is 0.308 e. The molecule has 100 valence electrons. The summed E-state index contributed by atoms with van der Waals surface area (Å²) in [6.45, 7) is 1.50. The first-order valence-electron chi connectivity index (χ1n) is 6.36. The molecule has 2 rings (SSSR count). The van der Waals surface area contributed by atoms with Crippen LogP contribution in [0.1, 0.15) is 25.7 Å². The van der Waals surface area contributed by atoms with E-state index in [0.29, 0.717) is 25.9 Å². The number of carboxylic acid groups (broad SMARTS) is 1. The summed E-state index contributed by atoms with van der Waals surface area (Å²) in [4.78, 5) is 37.5. The van der Waals surface area contributed by atoms with Crippen LogP contribution in [0, 0.1) is 5.92 Å². The number of carboxylic acids is 1. The van der Waals surface area contributed by atoms with Gasteiger partial charge in [-0.2, -0.15) is 0 Å². The minimum atomic E-state index is -0.848. The van der Waals surface area contributed by atoms with Crippen LogP contribution in [0.2, 0.25) is 0 Å². The lowest BCUT2D eigenvalue weighted by Crippen LogP contribution is -2.44. The Balaban J connectivity index is 1.85. The highest BCUT2D eigenvalue weighted by atomic mass is 16.4. The van der Waals surface area contributed by atoms with Crippen molar-refractivity contribution < 1.29 is 19.5 Å². The molecule has 0 radical (unpaired) electrons. The van der Waals surface area contributed by atoms with Crippen LogP contribution in [0.3, 0.4) is 0 Å². The second kappa shape index (κ2) is 5.37. The zero-order valence-electron chi connectivity index (χ0n) is 10.3. The summed E-state index contributed by atoms with van der Waals surface area (Å²) < 4.78 is 0. The van der Waals surface area contributed by atoms with Gasteiger partial charge >= 0.3 is 5.97 Å². The molecular formula is C12H18N2O4. The van der Waals surface area contributed by atoms with Crippen LogP contribution in [-0.2, 0) is 14.4 Å². The minimum absolute atomic E-state index is 0.0311. The number of piperidine rings is 1. The number of amides is 2. The number of carbonyl (C=O) groups is 3. The van der Waals surface area contributed by atoms with Crippen molar-refractivity contribution in [2.75, 3.05) is 26.2 Å². The predicted octanol–water partition coefficient (Wildman–Crippen LogP) is -0.0680. The zero-order chi connectivity index (χ0) is 13.1.